The second-order valence-electron chi connectivity index (χ2n) is 4.17. The lowest BCUT2D eigenvalue weighted by Gasteiger charge is -2.10. The fourth-order valence-electron chi connectivity index (χ4n) is 1.57. The lowest BCUT2D eigenvalue weighted by atomic mass is 10.2. The van der Waals surface area contributed by atoms with Crippen LogP contribution in [0.3, 0.4) is 0 Å². The molecule has 0 aromatic heterocycles. The van der Waals surface area contributed by atoms with Crippen LogP contribution in [0.15, 0.2) is 41.3 Å². The van der Waals surface area contributed by atoms with Gasteiger partial charge < -0.3 is 0 Å². The van der Waals surface area contributed by atoms with Crippen LogP contribution in [0.4, 0.5) is 5.69 Å². The third-order valence-corrected chi connectivity index (χ3v) is 4.79. The summed E-state index contributed by atoms with van der Waals surface area (Å²) in [4.78, 5) is 0.0733. The minimum absolute atomic E-state index is 0.0733. The van der Waals surface area contributed by atoms with Gasteiger partial charge in [-0.2, -0.15) is 0 Å². The van der Waals surface area contributed by atoms with Gasteiger partial charge in [-0.25, -0.2) is 8.42 Å². The maximum atomic E-state index is 12.2. The third kappa shape index (κ3) is 3.58. The summed E-state index contributed by atoms with van der Waals surface area (Å²) in [7, 11) is -3.74. The molecule has 7 heteroatoms. The number of hydrogen-bond donors (Lipinski definition) is 1. The molecule has 0 heterocycles. The van der Waals surface area contributed by atoms with Crippen molar-refractivity contribution in [3.8, 4) is 0 Å². The van der Waals surface area contributed by atoms with Gasteiger partial charge in [0.05, 0.1) is 10.6 Å². The summed E-state index contributed by atoms with van der Waals surface area (Å²) in [6.07, 6.45) is 0. The first-order valence-electron chi connectivity index (χ1n) is 5.53. The summed E-state index contributed by atoms with van der Waals surface area (Å²) in [5, 5.41) is 1.08. The fourth-order valence-corrected chi connectivity index (χ4v) is 3.41. The number of sulfonamides is 1. The van der Waals surface area contributed by atoms with Crippen LogP contribution in [-0.4, -0.2) is 8.42 Å². The summed E-state index contributed by atoms with van der Waals surface area (Å²) < 4.78 is 26.9. The summed E-state index contributed by atoms with van der Waals surface area (Å²) >= 11 is 17.6. The van der Waals surface area contributed by atoms with E-state index in [0.29, 0.717) is 20.8 Å². The zero-order chi connectivity index (χ0) is 14.9. The first kappa shape index (κ1) is 15.4. The van der Waals surface area contributed by atoms with Crippen LogP contribution >= 0.6 is 34.8 Å². The van der Waals surface area contributed by atoms with Crippen molar-refractivity contribution in [2.24, 2.45) is 0 Å². The molecule has 0 amide bonds. The van der Waals surface area contributed by atoms with Crippen molar-refractivity contribution in [1.29, 1.82) is 0 Å². The standard InChI is InChI=1S/C13H10Cl3NO2S/c1-8-2-3-12(7-13(8)16)20(18,19)17-11-5-9(14)4-10(15)6-11/h2-7,17H,1H3. The predicted molar refractivity (Wildman–Crippen MR) is 83.5 cm³/mol. The maximum Gasteiger partial charge on any atom is 0.261 e. The van der Waals surface area contributed by atoms with E-state index in [1.165, 1.54) is 30.3 Å². The Hall–Kier alpha value is -0.940. The molecule has 0 atom stereocenters. The smallest absolute Gasteiger partial charge is 0.261 e. The van der Waals surface area contributed by atoms with E-state index < -0.39 is 10.0 Å². The Kier molecular flexibility index (Phi) is 4.49. The molecule has 0 bridgehead atoms. The Morgan fingerprint density at radius 2 is 1.55 bits per heavy atom. The van der Waals surface area contributed by atoms with Crippen LogP contribution in [0.2, 0.25) is 15.1 Å². The van der Waals surface area contributed by atoms with Gasteiger partial charge in [-0.05, 0) is 42.8 Å². The van der Waals surface area contributed by atoms with Crippen molar-refractivity contribution in [2.75, 3.05) is 4.72 Å². The predicted octanol–water partition coefficient (Wildman–Crippen LogP) is 4.76. The van der Waals surface area contributed by atoms with Crippen LogP contribution in [0.1, 0.15) is 5.56 Å². The lowest BCUT2D eigenvalue weighted by Crippen LogP contribution is -2.13. The highest BCUT2D eigenvalue weighted by Crippen LogP contribution is 2.26. The number of halogens is 3. The van der Waals surface area contributed by atoms with Crippen molar-refractivity contribution in [3.05, 3.63) is 57.0 Å². The van der Waals surface area contributed by atoms with Crippen LogP contribution in [0.25, 0.3) is 0 Å². The van der Waals surface area contributed by atoms with E-state index in [4.69, 9.17) is 34.8 Å². The summed E-state index contributed by atoms with van der Waals surface area (Å²) in [6, 6.07) is 8.98. The van der Waals surface area contributed by atoms with Gasteiger partial charge in [0.1, 0.15) is 0 Å². The molecule has 0 radical (unpaired) electrons. The average Bonchev–Trinajstić information content (AvgIpc) is 2.30. The molecule has 0 unspecified atom stereocenters. The van der Waals surface area contributed by atoms with Gasteiger partial charge in [-0.15, -0.1) is 0 Å². The number of hydrogen-bond acceptors (Lipinski definition) is 2. The van der Waals surface area contributed by atoms with Gasteiger partial charge in [0.25, 0.3) is 10.0 Å². The van der Waals surface area contributed by atoms with Crippen molar-refractivity contribution >= 4 is 50.5 Å². The topological polar surface area (TPSA) is 46.2 Å². The van der Waals surface area contributed by atoms with Crippen molar-refractivity contribution in [3.63, 3.8) is 0 Å². The molecule has 3 nitrogen and oxygen atoms in total. The highest BCUT2D eigenvalue weighted by atomic mass is 35.5. The molecule has 20 heavy (non-hydrogen) atoms. The van der Waals surface area contributed by atoms with E-state index in [2.05, 4.69) is 4.72 Å². The SMILES string of the molecule is Cc1ccc(S(=O)(=O)Nc2cc(Cl)cc(Cl)c2)cc1Cl. The lowest BCUT2D eigenvalue weighted by molar-refractivity contribution is 0.601. The van der Waals surface area contributed by atoms with E-state index in [1.54, 1.807) is 13.0 Å². The minimum Gasteiger partial charge on any atom is -0.280 e. The molecular formula is C13H10Cl3NO2S. The van der Waals surface area contributed by atoms with E-state index in [0.717, 1.165) is 5.56 Å². The van der Waals surface area contributed by atoms with Crippen LogP contribution in [0.5, 0.6) is 0 Å². The van der Waals surface area contributed by atoms with E-state index in [-0.39, 0.29) is 4.90 Å². The first-order valence-corrected chi connectivity index (χ1v) is 8.15. The number of nitrogens with one attached hydrogen (secondary N) is 1. The Labute approximate surface area is 132 Å². The number of anilines is 1. The molecule has 2 aromatic rings. The Morgan fingerprint density at radius 3 is 2.10 bits per heavy atom. The van der Waals surface area contributed by atoms with Crippen LogP contribution in [0, 0.1) is 6.92 Å². The maximum absolute atomic E-state index is 12.2. The van der Waals surface area contributed by atoms with Crippen LogP contribution in [-0.2, 0) is 10.0 Å². The van der Waals surface area contributed by atoms with Gasteiger partial charge in [0.15, 0.2) is 0 Å². The van der Waals surface area contributed by atoms with Gasteiger partial charge in [0.2, 0.25) is 0 Å². The minimum atomic E-state index is -3.74. The molecule has 2 aromatic carbocycles. The van der Waals surface area contributed by atoms with Crippen molar-refractivity contribution < 1.29 is 8.42 Å². The van der Waals surface area contributed by atoms with Gasteiger partial charge in [-0.3, -0.25) is 4.72 Å². The molecule has 1 N–H and O–H groups in total. The fraction of sp³-hybridized carbons (Fsp3) is 0.0769. The number of benzene rings is 2. The summed E-state index contributed by atoms with van der Waals surface area (Å²) in [6.45, 7) is 1.79. The second-order valence-corrected chi connectivity index (χ2v) is 7.14. The zero-order valence-corrected chi connectivity index (χ0v) is 13.4. The quantitative estimate of drug-likeness (QED) is 0.867. The molecule has 0 saturated heterocycles. The van der Waals surface area contributed by atoms with Crippen molar-refractivity contribution in [2.45, 2.75) is 11.8 Å². The summed E-state index contributed by atoms with van der Waals surface area (Å²) in [5.41, 5.74) is 1.09. The van der Waals surface area contributed by atoms with E-state index in [1.807, 2.05) is 0 Å². The number of rotatable bonds is 3. The zero-order valence-electron chi connectivity index (χ0n) is 10.3. The molecule has 0 aliphatic carbocycles. The molecule has 0 spiro atoms. The van der Waals surface area contributed by atoms with E-state index >= 15 is 0 Å². The Morgan fingerprint density at radius 1 is 0.950 bits per heavy atom. The average molecular weight is 351 g/mol. The molecule has 0 aliphatic rings. The number of aryl methyl sites for hydroxylation is 1. The Balaban J connectivity index is 2.37. The highest BCUT2D eigenvalue weighted by molar-refractivity contribution is 7.92. The van der Waals surface area contributed by atoms with E-state index in [9.17, 15) is 8.42 Å². The van der Waals surface area contributed by atoms with Crippen LogP contribution < -0.4 is 4.72 Å². The molecular weight excluding hydrogens is 341 g/mol. The Bertz CT molecular complexity index is 740. The monoisotopic (exact) mass is 349 g/mol. The van der Waals surface area contributed by atoms with Crippen molar-refractivity contribution in [1.82, 2.24) is 0 Å². The molecule has 106 valence electrons. The first-order chi connectivity index (χ1) is 9.28. The largest absolute Gasteiger partial charge is 0.280 e. The summed E-state index contributed by atoms with van der Waals surface area (Å²) in [5.74, 6) is 0. The van der Waals surface area contributed by atoms with Gasteiger partial charge in [-0.1, -0.05) is 40.9 Å². The highest BCUT2D eigenvalue weighted by Gasteiger charge is 2.15. The molecule has 0 fully saturated rings. The second kappa shape index (κ2) is 5.82. The van der Waals surface area contributed by atoms with Gasteiger partial charge >= 0.3 is 0 Å². The molecule has 0 saturated carbocycles. The molecule has 2 rings (SSSR count). The third-order valence-electron chi connectivity index (χ3n) is 2.57. The molecule has 0 aliphatic heterocycles. The van der Waals surface area contributed by atoms with Gasteiger partial charge in [0, 0.05) is 15.1 Å². The normalized spacial score (nSPS) is 11.4.